The molecule has 1 heterocycles. The molecular weight excluding hydrogens is 283 g/mol. The second kappa shape index (κ2) is 4.51. The summed E-state index contributed by atoms with van der Waals surface area (Å²) in [6.07, 6.45) is 0. The largest absolute Gasteiger partial charge is 0.453 e. The third-order valence-corrected chi connectivity index (χ3v) is 3.30. The molecule has 108 valence electrons. The molecule has 2 aliphatic rings. The first-order chi connectivity index (χ1) is 9.90. The van der Waals surface area contributed by atoms with Crippen molar-refractivity contribution in [2.75, 3.05) is 19.0 Å². The predicted octanol–water partition coefficient (Wildman–Crippen LogP) is 3.38. The molecule has 0 bridgehead atoms. The third kappa shape index (κ3) is 1.94. The highest BCUT2D eigenvalue weighted by Gasteiger charge is 2.26. The molecule has 0 saturated carbocycles. The van der Waals surface area contributed by atoms with E-state index in [0.29, 0.717) is 5.39 Å². The normalized spacial score (nSPS) is 11.3. The molecule has 6 heteroatoms. The fourth-order valence-electron chi connectivity index (χ4n) is 2.14. The Labute approximate surface area is 117 Å². The van der Waals surface area contributed by atoms with Gasteiger partial charge in [-0.1, -0.05) is 0 Å². The van der Waals surface area contributed by atoms with Gasteiger partial charge in [0.05, 0.1) is 5.56 Å². The van der Waals surface area contributed by atoms with Crippen molar-refractivity contribution in [3.8, 4) is 11.3 Å². The van der Waals surface area contributed by atoms with Gasteiger partial charge >= 0.3 is 0 Å². The maximum atomic E-state index is 13.8. The van der Waals surface area contributed by atoms with Crippen molar-refractivity contribution in [3.05, 3.63) is 51.9 Å². The smallest absolute Gasteiger partial charge is 0.256 e. The average Bonchev–Trinajstić information content (AvgIpc) is 2.48. The van der Waals surface area contributed by atoms with Gasteiger partial charge in [-0.05, 0) is 18.2 Å². The summed E-state index contributed by atoms with van der Waals surface area (Å²) in [5.41, 5.74) is -0.962. The van der Waals surface area contributed by atoms with Gasteiger partial charge in [0.25, 0.3) is 5.43 Å². The van der Waals surface area contributed by atoms with Gasteiger partial charge in [0.1, 0.15) is 5.58 Å². The van der Waals surface area contributed by atoms with Gasteiger partial charge in [-0.25, -0.2) is 4.39 Å². The van der Waals surface area contributed by atoms with E-state index in [1.807, 2.05) is 14.1 Å². The monoisotopic (exact) mass is 293 g/mol. The molecule has 1 aromatic rings. The van der Waals surface area contributed by atoms with Crippen LogP contribution in [0.5, 0.6) is 0 Å². The lowest BCUT2D eigenvalue weighted by Crippen LogP contribution is -2.16. The van der Waals surface area contributed by atoms with E-state index in [0.717, 1.165) is 5.69 Å². The van der Waals surface area contributed by atoms with Gasteiger partial charge in [-0.3, -0.25) is 4.79 Å². The Bertz CT molecular complexity index is 886. The minimum atomic E-state index is -1.74. The summed E-state index contributed by atoms with van der Waals surface area (Å²) in [7, 11) is 3.63. The lowest BCUT2D eigenvalue weighted by molar-refractivity contribution is 0.465. The van der Waals surface area contributed by atoms with Crippen LogP contribution in [0.2, 0.25) is 0 Å². The van der Waals surface area contributed by atoms with Crippen LogP contribution in [0, 0.1) is 17.5 Å². The maximum Gasteiger partial charge on any atom is 0.256 e. The van der Waals surface area contributed by atoms with E-state index in [9.17, 15) is 18.0 Å². The molecule has 1 aliphatic carbocycles. The lowest BCUT2D eigenvalue weighted by atomic mass is 10.1. The van der Waals surface area contributed by atoms with Gasteiger partial charge in [0.2, 0.25) is 11.6 Å². The van der Waals surface area contributed by atoms with Crippen molar-refractivity contribution < 1.29 is 17.6 Å². The zero-order chi connectivity index (χ0) is 15.3. The van der Waals surface area contributed by atoms with Crippen LogP contribution in [-0.4, -0.2) is 14.1 Å². The first-order valence-corrected chi connectivity index (χ1v) is 6.11. The van der Waals surface area contributed by atoms with E-state index in [4.69, 9.17) is 4.42 Å². The number of halogens is 3. The van der Waals surface area contributed by atoms with Crippen LogP contribution in [0.3, 0.4) is 0 Å². The zero-order valence-corrected chi connectivity index (χ0v) is 11.2. The summed E-state index contributed by atoms with van der Waals surface area (Å²) in [5, 5.41) is 0.476. The van der Waals surface area contributed by atoms with Crippen LogP contribution < -0.4 is 10.3 Å². The number of rotatable bonds is 1. The van der Waals surface area contributed by atoms with Gasteiger partial charge in [0, 0.05) is 31.2 Å². The standard InChI is InChI=1S/C15H10F3NO2/c1-19(2)8-4-3-7-5-9-11(16)12(17)14(20)13(18)15(9)21-10(7)6-8/h3-6H,1-2H3. The maximum absolute atomic E-state index is 13.8. The number of hydrogen-bond donors (Lipinski definition) is 0. The van der Waals surface area contributed by atoms with E-state index in [1.54, 1.807) is 23.1 Å². The van der Waals surface area contributed by atoms with Crippen molar-refractivity contribution in [3.63, 3.8) is 0 Å². The zero-order valence-electron chi connectivity index (χ0n) is 11.2. The second-order valence-electron chi connectivity index (χ2n) is 4.88. The highest BCUT2D eigenvalue weighted by molar-refractivity contribution is 5.85. The summed E-state index contributed by atoms with van der Waals surface area (Å²) in [6, 6.07) is 6.29. The van der Waals surface area contributed by atoms with Crippen molar-refractivity contribution >= 4 is 16.7 Å². The fraction of sp³-hybridized carbons (Fsp3) is 0.133. The van der Waals surface area contributed by atoms with Crippen molar-refractivity contribution in [2.24, 2.45) is 0 Å². The van der Waals surface area contributed by atoms with E-state index < -0.39 is 34.2 Å². The lowest BCUT2D eigenvalue weighted by Gasteiger charge is -2.14. The van der Waals surface area contributed by atoms with E-state index in [1.165, 1.54) is 6.07 Å². The molecule has 21 heavy (non-hydrogen) atoms. The average molecular weight is 293 g/mol. The Kier molecular flexibility index (Phi) is 2.90. The third-order valence-electron chi connectivity index (χ3n) is 3.30. The molecule has 0 fully saturated rings. The van der Waals surface area contributed by atoms with Crippen molar-refractivity contribution in [1.29, 1.82) is 0 Å². The van der Waals surface area contributed by atoms with E-state index in [2.05, 4.69) is 0 Å². The summed E-state index contributed by atoms with van der Waals surface area (Å²) < 4.78 is 46.2. The van der Waals surface area contributed by atoms with Gasteiger partial charge in [0.15, 0.2) is 11.6 Å². The Hall–Kier alpha value is -2.50. The molecule has 1 aromatic carbocycles. The molecule has 0 aromatic heterocycles. The first kappa shape index (κ1) is 13.5. The molecule has 0 atom stereocenters. The fourth-order valence-corrected chi connectivity index (χ4v) is 2.14. The molecule has 0 saturated heterocycles. The van der Waals surface area contributed by atoms with Crippen molar-refractivity contribution in [1.82, 2.24) is 0 Å². The Morgan fingerprint density at radius 3 is 2.38 bits per heavy atom. The van der Waals surface area contributed by atoms with Gasteiger partial charge in [-0.15, -0.1) is 0 Å². The molecule has 0 amide bonds. The minimum Gasteiger partial charge on any atom is -0.453 e. The number of benzene rings is 2. The van der Waals surface area contributed by atoms with Crippen molar-refractivity contribution in [2.45, 2.75) is 0 Å². The van der Waals surface area contributed by atoms with Crippen LogP contribution in [0.1, 0.15) is 0 Å². The van der Waals surface area contributed by atoms with Crippen LogP contribution >= 0.6 is 0 Å². The summed E-state index contributed by atoms with van der Waals surface area (Å²) in [4.78, 5) is 13.1. The molecular formula is C15H10F3NO2. The molecule has 3 rings (SSSR count). The Morgan fingerprint density at radius 2 is 1.71 bits per heavy atom. The number of nitrogens with zero attached hydrogens (tertiary/aromatic N) is 1. The Morgan fingerprint density at radius 1 is 1.00 bits per heavy atom. The number of fused-ring (bicyclic) bond motifs is 2. The van der Waals surface area contributed by atoms with Crippen LogP contribution in [-0.2, 0) is 0 Å². The summed E-state index contributed by atoms with van der Waals surface area (Å²) in [5.74, 6) is -5.15. The van der Waals surface area contributed by atoms with Crippen LogP contribution in [0.4, 0.5) is 18.9 Å². The Balaban J connectivity index is 2.44. The molecule has 1 aliphatic heterocycles. The SMILES string of the molecule is CN(C)c1ccc2cc3c(F)c(F)c(=O)c(F)c-3oc2c1. The molecule has 3 nitrogen and oxygen atoms in total. The molecule has 0 unspecified atom stereocenters. The molecule has 0 N–H and O–H groups in total. The van der Waals surface area contributed by atoms with Crippen LogP contribution in [0.25, 0.3) is 22.3 Å². The predicted molar refractivity (Wildman–Crippen MR) is 73.3 cm³/mol. The highest BCUT2D eigenvalue weighted by atomic mass is 19.2. The number of anilines is 1. The summed E-state index contributed by atoms with van der Waals surface area (Å²) in [6.45, 7) is 0. The van der Waals surface area contributed by atoms with E-state index in [-0.39, 0.29) is 5.58 Å². The topological polar surface area (TPSA) is 33.5 Å². The van der Waals surface area contributed by atoms with E-state index >= 15 is 0 Å². The second-order valence-corrected chi connectivity index (χ2v) is 4.88. The first-order valence-electron chi connectivity index (χ1n) is 6.11. The van der Waals surface area contributed by atoms with Gasteiger partial charge < -0.3 is 9.32 Å². The summed E-state index contributed by atoms with van der Waals surface area (Å²) >= 11 is 0. The number of hydrogen-bond acceptors (Lipinski definition) is 3. The highest BCUT2D eigenvalue weighted by Crippen LogP contribution is 2.33. The molecule has 0 radical (unpaired) electrons. The molecule has 0 spiro atoms. The van der Waals surface area contributed by atoms with Gasteiger partial charge in [-0.2, -0.15) is 8.78 Å². The van der Waals surface area contributed by atoms with Crippen LogP contribution in [0.15, 0.2) is 33.5 Å². The minimum absolute atomic E-state index is 0.276. The quantitative estimate of drug-likeness (QED) is 0.509.